The maximum Gasteiger partial charge on any atom is 1.00 e. The fourth-order valence-corrected chi connectivity index (χ4v) is 9.75. The molecule has 7 rings (SSSR count). The number of hydrogen-bond donors (Lipinski definition) is 0. The van der Waals surface area contributed by atoms with E-state index in [9.17, 15) is 21.7 Å². The molecule has 0 bridgehead atoms. The number of halogens is 1. The third kappa shape index (κ3) is 7.76. The molecule has 0 aromatic heterocycles. The molecule has 4 aromatic carbocycles. The van der Waals surface area contributed by atoms with Gasteiger partial charge in [0.2, 0.25) is 5.69 Å². The van der Waals surface area contributed by atoms with Gasteiger partial charge in [-0.1, -0.05) is 103 Å². The van der Waals surface area contributed by atoms with Crippen LogP contribution in [0.25, 0.3) is 21.5 Å². The zero-order valence-electron chi connectivity index (χ0n) is 31.5. The van der Waals surface area contributed by atoms with Crippen LogP contribution in [0.4, 0.5) is 11.4 Å². The van der Waals surface area contributed by atoms with Gasteiger partial charge in [0.25, 0.3) is 0 Å². The van der Waals surface area contributed by atoms with Gasteiger partial charge >= 0.3 is 29.6 Å². The molecule has 1 aliphatic carbocycles. The van der Waals surface area contributed by atoms with Crippen molar-refractivity contribution in [1.82, 2.24) is 0 Å². The van der Waals surface area contributed by atoms with Crippen LogP contribution in [0.15, 0.2) is 119 Å². The Labute approximate surface area is 348 Å². The van der Waals surface area contributed by atoms with E-state index in [2.05, 4.69) is 99.0 Å². The Morgan fingerprint density at radius 1 is 0.870 bits per heavy atom. The van der Waals surface area contributed by atoms with Crippen LogP contribution in [0.2, 0.25) is 0 Å². The van der Waals surface area contributed by atoms with Crippen LogP contribution in [0, 0.1) is 0 Å². The fraction of sp³-hybridized carbons (Fsp3) is 0.326. The molecule has 4 aromatic rings. The molecule has 0 saturated carbocycles. The molecule has 1 unspecified atom stereocenters. The minimum absolute atomic E-state index is 0. The van der Waals surface area contributed by atoms with Gasteiger partial charge in [-0.3, -0.25) is 4.21 Å². The van der Waals surface area contributed by atoms with E-state index < -0.39 is 32.4 Å². The van der Waals surface area contributed by atoms with Crippen LogP contribution in [0.5, 0.6) is 0 Å². The van der Waals surface area contributed by atoms with Crippen molar-refractivity contribution in [2.24, 2.45) is 0 Å². The molecule has 54 heavy (non-hydrogen) atoms. The minimum Gasteiger partial charge on any atom is -0.772 e. The largest absolute Gasteiger partial charge is 1.00 e. The first-order valence-corrected chi connectivity index (χ1v) is 21.3. The van der Waals surface area contributed by atoms with E-state index in [0.29, 0.717) is 18.0 Å². The van der Waals surface area contributed by atoms with Crippen molar-refractivity contribution >= 4 is 71.4 Å². The predicted octanol–water partition coefficient (Wildman–Crippen LogP) is 6.03. The zero-order chi connectivity index (χ0) is 37.7. The van der Waals surface area contributed by atoms with Crippen molar-refractivity contribution in [1.29, 1.82) is 0 Å². The van der Waals surface area contributed by atoms with E-state index in [0.717, 1.165) is 69.5 Å². The Bertz CT molecular complexity index is 2450. The van der Waals surface area contributed by atoms with Crippen molar-refractivity contribution < 1.29 is 55.9 Å². The summed E-state index contributed by atoms with van der Waals surface area (Å²) < 4.78 is 60.6. The quantitative estimate of drug-likeness (QED) is 0.0842. The Hall–Kier alpha value is -2.86. The van der Waals surface area contributed by atoms with Crippen molar-refractivity contribution in [2.45, 2.75) is 64.2 Å². The van der Waals surface area contributed by atoms with Crippen molar-refractivity contribution in [2.75, 3.05) is 29.5 Å². The van der Waals surface area contributed by atoms with E-state index >= 15 is 0 Å². The first-order valence-electron chi connectivity index (χ1n) is 18.1. The maximum absolute atomic E-state index is 11.8. The second kappa shape index (κ2) is 15.9. The van der Waals surface area contributed by atoms with Crippen LogP contribution in [0.3, 0.4) is 0 Å². The molecule has 0 N–H and O–H groups in total. The Kier molecular flexibility index (Phi) is 12.0. The number of nitrogens with zero attached hydrogens (tertiary/aromatic N) is 2. The number of anilines is 1. The number of allylic oxidation sites excluding steroid dienone is 8. The molecule has 1 atom stereocenters. The molecule has 2 heterocycles. The van der Waals surface area contributed by atoms with Gasteiger partial charge < -0.3 is 14.0 Å². The van der Waals surface area contributed by atoms with Gasteiger partial charge in [-0.25, -0.2) is 8.42 Å². The predicted molar refractivity (Wildman–Crippen MR) is 216 cm³/mol. The van der Waals surface area contributed by atoms with E-state index in [1.54, 1.807) is 0 Å². The average Bonchev–Trinajstić information content (AvgIpc) is 3.47. The third-order valence-electron chi connectivity index (χ3n) is 11.1. The number of fused-ring (bicyclic) bond motifs is 6. The Morgan fingerprint density at radius 2 is 1.52 bits per heavy atom. The summed E-state index contributed by atoms with van der Waals surface area (Å²) in [7, 11) is -4.44. The van der Waals surface area contributed by atoms with Crippen LogP contribution in [0.1, 0.15) is 64.5 Å². The monoisotopic (exact) mass is 790 g/mol. The molecule has 3 aliphatic rings. The maximum atomic E-state index is 11.8. The second-order valence-corrected chi connectivity index (χ2v) is 18.1. The fourth-order valence-electron chi connectivity index (χ4n) is 8.66. The van der Waals surface area contributed by atoms with Gasteiger partial charge in [0.15, 0.2) is 5.71 Å². The normalized spacial score (nSPS) is 20.0. The van der Waals surface area contributed by atoms with E-state index in [1.807, 2.05) is 35.2 Å². The van der Waals surface area contributed by atoms with Gasteiger partial charge in [-0.2, -0.15) is 4.58 Å². The molecular weight excluding hydrogens is 747 g/mol. The molecule has 0 fully saturated rings. The molecule has 0 amide bonds. The summed E-state index contributed by atoms with van der Waals surface area (Å²) in [4.78, 5) is 1.98. The minimum atomic E-state index is -4.44. The van der Waals surface area contributed by atoms with Crippen molar-refractivity contribution in [3.63, 3.8) is 0 Å². The molecule has 0 saturated heterocycles. The Morgan fingerprint density at radius 3 is 2.19 bits per heavy atom. The van der Waals surface area contributed by atoms with Gasteiger partial charge in [-0.05, 0) is 89.6 Å². The molecule has 11 heteroatoms. The summed E-state index contributed by atoms with van der Waals surface area (Å²) in [5.74, 6) is -0.404. The summed E-state index contributed by atoms with van der Waals surface area (Å²) in [6.45, 7) is 9.37. The van der Waals surface area contributed by atoms with Gasteiger partial charge in [0, 0.05) is 58.3 Å². The van der Waals surface area contributed by atoms with Gasteiger partial charge in [0.1, 0.15) is 6.54 Å². The van der Waals surface area contributed by atoms with Crippen LogP contribution in [-0.2, 0) is 32.0 Å². The number of benzene rings is 4. The topological polar surface area (TPSA) is 104 Å². The Balaban J connectivity index is 0.00000497. The summed E-state index contributed by atoms with van der Waals surface area (Å²) >= 11 is 5.10. The standard InChI is InChI=1S/C43H45ClN2O5S2.Na/c1-42(2)37(45(25-10-27-52(47)48)35-21-17-29-11-5-7-15-33(29)39(35)42)23-19-31-13-9-14-32(41(31)44)20-24-38-43(3,4)40-34-16-8-6-12-30(34)18-22-36(40)46(38)26-28-53(49,50)51;/h5-8,11-12,15-24H,9-10,13-14,25-28H2,1-4H3,(H-,47,48,49,50,51);/q;+1/p-1. The van der Waals surface area contributed by atoms with E-state index in [-0.39, 0.29) is 47.3 Å². The number of rotatable bonds is 10. The zero-order valence-corrected chi connectivity index (χ0v) is 35.9. The molecule has 276 valence electrons. The first-order chi connectivity index (χ1) is 25.2. The van der Waals surface area contributed by atoms with E-state index in [1.165, 1.54) is 16.3 Å². The van der Waals surface area contributed by atoms with Crippen molar-refractivity contribution in [3.05, 3.63) is 130 Å². The molecule has 2 aliphatic heterocycles. The summed E-state index contributed by atoms with van der Waals surface area (Å²) in [5, 5.41) is 5.26. The summed E-state index contributed by atoms with van der Waals surface area (Å²) in [6, 6.07) is 24.9. The van der Waals surface area contributed by atoms with Crippen LogP contribution < -0.4 is 34.5 Å². The average molecular weight is 791 g/mol. The van der Waals surface area contributed by atoms with Gasteiger partial charge in [-0.15, -0.1) is 0 Å². The molecule has 0 spiro atoms. The van der Waals surface area contributed by atoms with E-state index in [4.69, 9.17) is 11.6 Å². The van der Waals surface area contributed by atoms with Crippen LogP contribution >= 0.6 is 11.6 Å². The molecule has 7 nitrogen and oxygen atoms in total. The summed E-state index contributed by atoms with van der Waals surface area (Å²) in [6.07, 6.45) is 11.4. The second-order valence-electron chi connectivity index (χ2n) is 15.2. The first kappa shape index (κ1) is 40.8. The van der Waals surface area contributed by atoms with Crippen molar-refractivity contribution in [3.8, 4) is 0 Å². The van der Waals surface area contributed by atoms with Crippen LogP contribution in [-0.4, -0.2) is 56.6 Å². The van der Waals surface area contributed by atoms with Gasteiger partial charge in [0.05, 0.1) is 21.3 Å². The third-order valence-corrected chi connectivity index (χ3v) is 12.9. The summed E-state index contributed by atoms with van der Waals surface area (Å²) in [5.41, 5.74) is 7.56. The molecular formula is C43H44ClN2NaO5S2. The molecule has 0 radical (unpaired) electrons. The number of hydrogen-bond acceptors (Lipinski definition) is 6. The SMILES string of the molecule is CC1(C)C(/C=C/C2=C(Cl)C(=C/C=C3/N(CCS(=O)(=O)[O-])c4ccc5ccccc5c4C3(C)C)/CCC2)=[N+](CCCS(=O)[O-])c2ccc3ccccc3c21.[Na+]. The smallest absolute Gasteiger partial charge is 0.772 e.